The number of benzene rings is 2. The molecule has 4 nitrogen and oxygen atoms in total. The van der Waals surface area contributed by atoms with Gasteiger partial charge in [-0.15, -0.1) is 0 Å². The number of amides is 1. The van der Waals surface area contributed by atoms with Crippen LogP contribution in [-0.2, 0) is 0 Å². The van der Waals surface area contributed by atoms with Gasteiger partial charge < -0.3 is 15.5 Å². The summed E-state index contributed by atoms with van der Waals surface area (Å²) in [7, 11) is 0. The number of phenolic OH excluding ortho intramolecular Hbond substituents is 1. The van der Waals surface area contributed by atoms with Crippen LogP contribution in [0.5, 0.6) is 5.75 Å². The first-order chi connectivity index (χ1) is 10.1. The molecule has 0 unspecified atom stereocenters. The molecule has 2 aromatic rings. The number of hydrogen-bond acceptors (Lipinski definition) is 3. The summed E-state index contributed by atoms with van der Waals surface area (Å²) in [5.41, 5.74) is 0.524. The van der Waals surface area contributed by atoms with Crippen molar-refractivity contribution in [3.8, 4) is 17.6 Å². The average Bonchev–Trinajstić information content (AvgIpc) is 2.48. The number of carbonyl (C=O) groups excluding carboxylic acids is 1. The number of aliphatic hydroxyl groups is 1. The number of halogens is 1. The van der Waals surface area contributed by atoms with Gasteiger partial charge in [-0.3, -0.25) is 4.79 Å². The zero-order chi connectivity index (χ0) is 15.2. The molecule has 1 amide bonds. The van der Waals surface area contributed by atoms with Crippen LogP contribution < -0.4 is 5.32 Å². The number of phenols is 1. The van der Waals surface area contributed by atoms with E-state index in [4.69, 9.17) is 5.11 Å². The zero-order valence-electron chi connectivity index (χ0n) is 10.9. The summed E-state index contributed by atoms with van der Waals surface area (Å²) in [5, 5.41) is 20.8. The Bertz CT molecular complexity index is 732. The molecule has 0 saturated carbocycles. The van der Waals surface area contributed by atoms with Gasteiger partial charge in [0.05, 0.1) is 11.1 Å². The Hall–Kier alpha value is -2.84. The molecular formula is C16H12FNO3. The molecule has 2 aromatic carbocycles. The SMILES string of the molecule is O=C(Nc1ccc(F)c(C#CCO)c1)c1ccccc1O. The minimum absolute atomic E-state index is 0.0686. The molecule has 0 saturated heterocycles. The maximum absolute atomic E-state index is 13.5. The predicted molar refractivity (Wildman–Crippen MR) is 76.4 cm³/mol. The highest BCUT2D eigenvalue weighted by atomic mass is 19.1. The van der Waals surface area contributed by atoms with Crippen molar-refractivity contribution in [1.29, 1.82) is 0 Å². The van der Waals surface area contributed by atoms with E-state index < -0.39 is 11.7 Å². The fraction of sp³-hybridized carbons (Fsp3) is 0.0625. The monoisotopic (exact) mass is 285 g/mol. The third-order valence-corrected chi connectivity index (χ3v) is 2.68. The highest BCUT2D eigenvalue weighted by Gasteiger charge is 2.11. The lowest BCUT2D eigenvalue weighted by Gasteiger charge is -2.07. The van der Waals surface area contributed by atoms with Gasteiger partial charge in [0.25, 0.3) is 5.91 Å². The van der Waals surface area contributed by atoms with Crippen molar-refractivity contribution in [3.05, 3.63) is 59.4 Å². The van der Waals surface area contributed by atoms with E-state index in [2.05, 4.69) is 17.2 Å². The molecule has 21 heavy (non-hydrogen) atoms. The Morgan fingerprint density at radius 2 is 2.00 bits per heavy atom. The minimum atomic E-state index is -0.545. The Labute approximate surface area is 120 Å². The lowest BCUT2D eigenvalue weighted by Crippen LogP contribution is -2.12. The van der Waals surface area contributed by atoms with Gasteiger partial charge in [-0.25, -0.2) is 4.39 Å². The van der Waals surface area contributed by atoms with Crippen LogP contribution in [0, 0.1) is 17.7 Å². The van der Waals surface area contributed by atoms with Crippen molar-refractivity contribution < 1.29 is 19.4 Å². The van der Waals surface area contributed by atoms with Crippen LogP contribution in [0.4, 0.5) is 10.1 Å². The highest BCUT2D eigenvalue weighted by Crippen LogP contribution is 2.19. The normalized spacial score (nSPS) is 9.62. The lowest BCUT2D eigenvalue weighted by molar-refractivity contribution is 0.102. The fourth-order valence-electron chi connectivity index (χ4n) is 1.70. The van der Waals surface area contributed by atoms with Crippen LogP contribution in [0.1, 0.15) is 15.9 Å². The standard InChI is InChI=1S/C16H12FNO3/c17-14-8-7-12(10-11(14)4-3-9-19)18-16(21)13-5-1-2-6-15(13)20/h1-2,5-8,10,19-20H,9H2,(H,18,21). The van der Waals surface area contributed by atoms with E-state index >= 15 is 0 Å². The number of para-hydroxylation sites is 1. The Kier molecular flexibility index (Phi) is 4.54. The highest BCUT2D eigenvalue weighted by molar-refractivity contribution is 6.06. The van der Waals surface area contributed by atoms with Crippen molar-refractivity contribution in [1.82, 2.24) is 0 Å². The molecule has 0 spiro atoms. The summed E-state index contributed by atoms with van der Waals surface area (Å²) >= 11 is 0. The number of nitrogens with one attached hydrogen (secondary N) is 1. The molecule has 3 N–H and O–H groups in total. The van der Waals surface area contributed by atoms with E-state index in [-0.39, 0.29) is 23.5 Å². The van der Waals surface area contributed by atoms with E-state index in [1.54, 1.807) is 12.1 Å². The van der Waals surface area contributed by atoms with Crippen molar-refractivity contribution in [2.45, 2.75) is 0 Å². The van der Waals surface area contributed by atoms with E-state index in [9.17, 15) is 14.3 Å². The summed E-state index contributed by atoms with van der Waals surface area (Å²) < 4.78 is 13.5. The molecule has 0 aliphatic heterocycles. The van der Waals surface area contributed by atoms with Crippen LogP contribution in [0.3, 0.4) is 0 Å². The first kappa shape index (κ1) is 14.6. The maximum atomic E-state index is 13.5. The second kappa shape index (κ2) is 6.55. The van der Waals surface area contributed by atoms with Gasteiger partial charge >= 0.3 is 0 Å². The van der Waals surface area contributed by atoms with Gasteiger partial charge in [-0.1, -0.05) is 24.0 Å². The van der Waals surface area contributed by atoms with Gasteiger partial charge in [0.1, 0.15) is 18.2 Å². The molecule has 5 heteroatoms. The van der Waals surface area contributed by atoms with E-state index in [0.29, 0.717) is 5.69 Å². The predicted octanol–water partition coefficient (Wildman–Crippen LogP) is 2.13. The van der Waals surface area contributed by atoms with Crippen molar-refractivity contribution in [2.75, 3.05) is 11.9 Å². The summed E-state index contributed by atoms with van der Waals surface area (Å²) in [4.78, 5) is 12.0. The largest absolute Gasteiger partial charge is 0.507 e. The molecule has 0 atom stereocenters. The average molecular weight is 285 g/mol. The van der Waals surface area contributed by atoms with Crippen LogP contribution in [0.2, 0.25) is 0 Å². The van der Waals surface area contributed by atoms with Crippen LogP contribution in [0.15, 0.2) is 42.5 Å². The third kappa shape index (κ3) is 3.59. The third-order valence-electron chi connectivity index (χ3n) is 2.68. The molecule has 0 aromatic heterocycles. The molecule has 2 rings (SSSR count). The Balaban J connectivity index is 2.24. The number of anilines is 1. The Morgan fingerprint density at radius 1 is 1.24 bits per heavy atom. The first-order valence-electron chi connectivity index (χ1n) is 6.10. The van der Waals surface area contributed by atoms with E-state index in [0.717, 1.165) is 0 Å². The summed E-state index contributed by atoms with van der Waals surface area (Å²) in [5.74, 6) is 3.59. The Morgan fingerprint density at radius 3 is 2.71 bits per heavy atom. The fourth-order valence-corrected chi connectivity index (χ4v) is 1.70. The zero-order valence-corrected chi connectivity index (χ0v) is 10.9. The summed E-state index contributed by atoms with van der Waals surface area (Å²) in [6.45, 7) is -0.381. The van der Waals surface area contributed by atoms with Crippen molar-refractivity contribution in [3.63, 3.8) is 0 Å². The van der Waals surface area contributed by atoms with Gasteiger partial charge in [0.2, 0.25) is 0 Å². The van der Waals surface area contributed by atoms with Gasteiger partial charge in [-0.2, -0.15) is 0 Å². The van der Waals surface area contributed by atoms with Crippen LogP contribution >= 0.6 is 0 Å². The molecule has 0 heterocycles. The smallest absolute Gasteiger partial charge is 0.259 e. The quantitative estimate of drug-likeness (QED) is 0.740. The number of hydrogen-bond donors (Lipinski definition) is 3. The lowest BCUT2D eigenvalue weighted by atomic mass is 10.1. The summed E-state index contributed by atoms with van der Waals surface area (Å²) in [6.07, 6.45) is 0. The number of aliphatic hydroxyl groups excluding tert-OH is 1. The van der Waals surface area contributed by atoms with Gasteiger partial charge in [0.15, 0.2) is 0 Å². The van der Waals surface area contributed by atoms with E-state index in [1.165, 1.54) is 30.3 Å². The molecular weight excluding hydrogens is 273 g/mol. The minimum Gasteiger partial charge on any atom is -0.507 e. The molecule has 0 radical (unpaired) electrons. The second-order valence-electron chi connectivity index (χ2n) is 4.13. The molecule has 0 bridgehead atoms. The molecule has 0 aliphatic rings. The topological polar surface area (TPSA) is 69.6 Å². The molecule has 0 aliphatic carbocycles. The van der Waals surface area contributed by atoms with Gasteiger partial charge in [-0.05, 0) is 30.3 Å². The number of rotatable bonds is 2. The van der Waals surface area contributed by atoms with Gasteiger partial charge in [0, 0.05) is 5.69 Å². The van der Waals surface area contributed by atoms with Crippen molar-refractivity contribution >= 4 is 11.6 Å². The number of aromatic hydroxyl groups is 1. The molecule has 0 fully saturated rings. The van der Waals surface area contributed by atoms with E-state index in [1.807, 2.05) is 0 Å². The maximum Gasteiger partial charge on any atom is 0.259 e. The number of carbonyl (C=O) groups is 1. The van der Waals surface area contributed by atoms with Crippen LogP contribution in [0.25, 0.3) is 0 Å². The summed E-state index contributed by atoms with van der Waals surface area (Å²) in [6, 6.07) is 10.0. The van der Waals surface area contributed by atoms with Crippen LogP contribution in [-0.4, -0.2) is 22.7 Å². The molecule has 106 valence electrons. The second-order valence-corrected chi connectivity index (χ2v) is 4.13. The van der Waals surface area contributed by atoms with Crippen molar-refractivity contribution in [2.24, 2.45) is 0 Å². The first-order valence-corrected chi connectivity index (χ1v) is 6.10.